The van der Waals surface area contributed by atoms with E-state index in [1.807, 2.05) is 55.5 Å². The summed E-state index contributed by atoms with van der Waals surface area (Å²) in [5.74, 6) is 0.335. The standard InChI is InChI=1S/C30H32ClN7O2/c1-20(22-11-15-26(31)16-12-22)32-30(40)38(27-17-13-24(14-18-27)23-5-3-2-4-6-23)19-21-7-9-25(10-8-21)28(39)33-29-34-36-37-35-29/h7-18,20,23H,2-6,19H2,1H3,(H,32,40)(H2,33,34,35,36,37,39). The predicted octanol–water partition coefficient (Wildman–Crippen LogP) is 6.63. The van der Waals surface area contributed by atoms with Crippen molar-refractivity contribution in [3.8, 4) is 0 Å². The van der Waals surface area contributed by atoms with Gasteiger partial charge in [-0.15, -0.1) is 5.10 Å². The van der Waals surface area contributed by atoms with Gasteiger partial charge in [0.2, 0.25) is 0 Å². The molecule has 3 N–H and O–H groups in total. The van der Waals surface area contributed by atoms with Gasteiger partial charge in [-0.05, 0) is 84.0 Å². The van der Waals surface area contributed by atoms with Crippen molar-refractivity contribution < 1.29 is 9.59 Å². The Kier molecular flexibility index (Phi) is 8.71. The number of benzene rings is 3. The van der Waals surface area contributed by atoms with Gasteiger partial charge in [0.05, 0.1) is 12.6 Å². The first-order valence-electron chi connectivity index (χ1n) is 13.5. The molecule has 1 heterocycles. The summed E-state index contributed by atoms with van der Waals surface area (Å²) in [5, 5.41) is 19.6. The van der Waals surface area contributed by atoms with E-state index in [1.165, 1.54) is 37.7 Å². The molecule has 10 heteroatoms. The molecule has 5 rings (SSSR count). The lowest BCUT2D eigenvalue weighted by Gasteiger charge is -2.27. The fourth-order valence-corrected chi connectivity index (χ4v) is 5.20. The maximum atomic E-state index is 13.6. The van der Waals surface area contributed by atoms with Crippen LogP contribution in [0, 0.1) is 0 Å². The molecule has 1 aliphatic carbocycles. The van der Waals surface area contributed by atoms with E-state index >= 15 is 0 Å². The molecule has 0 aliphatic heterocycles. The van der Waals surface area contributed by atoms with Crippen LogP contribution < -0.4 is 15.5 Å². The number of carbonyl (C=O) groups is 2. The minimum absolute atomic E-state index is 0.100. The summed E-state index contributed by atoms with van der Waals surface area (Å²) < 4.78 is 0. The van der Waals surface area contributed by atoms with Crippen LogP contribution in [0.15, 0.2) is 72.8 Å². The van der Waals surface area contributed by atoms with Crippen LogP contribution >= 0.6 is 11.6 Å². The highest BCUT2D eigenvalue weighted by molar-refractivity contribution is 6.30. The van der Waals surface area contributed by atoms with E-state index < -0.39 is 0 Å². The molecule has 1 atom stereocenters. The fraction of sp³-hybridized carbons (Fsp3) is 0.300. The second-order valence-corrected chi connectivity index (χ2v) is 10.6. The number of H-pyrrole nitrogens is 1. The van der Waals surface area contributed by atoms with Gasteiger partial charge in [0.15, 0.2) is 0 Å². The van der Waals surface area contributed by atoms with Crippen LogP contribution in [0.3, 0.4) is 0 Å². The van der Waals surface area contributed by atoms with Crippen molar-refractivity contribution >= 4 is 35.2 Å². The number of nitrogens with one attached hydrogen (secondary N) is 3. The first-order chi connectivity index (χ1) is 19.5. The Morgan fingerprint density at radius 3 is 2.33 bits per heavy atom. The largest absolute Gasteiger partial charge is 0.331 e. The summed E-state index contributed by atoms with van der Waals surface area (Å²) in [6.07, 6.45) is 6.29. The SMILES string of the molecule is CC(NC(=O)N(Cc1ccc(C(=O)Nc2nn[nH]n2)cc1)c1ccc(C2CCCCC2)cc1)c1ccc(Cl)cc1. The van der Waals surface area contributed by atoms with Gasteiger partial charge in [-0.25, -0.2) is 4.79 Å². The van der Waals surface area contributed by atoms with E-state index in [9.17, 15) is 9.59 Å². The van der Waals surface area contributed by atoms with Gasteiger partial charge >= 0.3 is 6.03 Å². The summed E-state index contributed by atoms with van der Waals surface area (Å²) in [4.78, 5) is 27.9. The molecule has 0 radical (unpaired) electrons. The lowest BCUT2D eigenvalue weighted by molar-refractivity contribution is 0.102. The Labute approximate surface area is 238 Å². The number of halogens is 1. The number of carbonyl (C=O) groups excluding carboxylic acids is 2. The zero-order valence-corrected chi connectivity index (χ0v) is 23.1. The van der Waals surface area contributed by atoms with Crippen LogP contribution in [0.25, 0.3) is 0 Å². The van der Waals surface area contributed by atoms with E-state index in [-0.39, 0.29) is 23.9 Å². The number of hydrogen-bond acceptors (Lipinski definition) is 5. The van der Waals surface area contributed by atoms with Crippen molar-refractivity contribution in [3.05, 3.63) is 100 Å². The summed E-state index contributed by atoms with van der Waals surface area (Å²) in [7, 11) is 0. The third-order valence-corrected chi connectivity index (χ3v) is 7.62. The van der Waals surface area contributed by atoms with Crippen LogP contribution in [0.2, 0.25) is 5.02 Å². The average molecular weight is 558 g/mol. The number of urea groups is 1. The highest BCUT2D eigenvalue weighted by atomic mass is 35.5. The molecular weight excluding hydrogens is 526 g/mol. The Morgan fingerprint density at radius 2 is 1.68 bits per heavy atom. The van der Waals surface area contributed by atoms with Crippen molar-refractivity contribution in [1.29, 1.82) is 0 Å². The molecule has 206 valence electrons. The zero-order chi connectivity index (χ0) is 27.9. The van der Waals surface area contributed by atoms with E-state index in [0.29, 0.717) is 23.0 Å². The maximum Gasteiger partial charge on any atom is 0.322 e. The molecule has 40 heavy (non-hydrogen) atoms. The van der Waals surface area contributed by atoms with Gasteiger partial charge < -0.3 is 5.32 Å². The molecule has 9 nitrogen and oxygen atoms in total. The van der Waals surface area contributed by atoms with E-state index in [4.69, 9.17) is 11.6 Å². The third kappa shape index (κ3) is 6.84. The summed E-state index contributed by atoms with van der Waals surface area (Å²) in [6.45, 7) is 2.28. The van der Waals surface area contributed by atoms with E-state index in [0.717, 1.165) is 16.8 Å². The van der Waals surface area contributed by atoms with Gasteiger partial charge in [-0.1, -0.05) is 72.4 Å². The predicted molar refractivity (Wildman–Crippen MR) is 155 cm³/mol. The van der Waals surface area contributed by atoms with E-state index in [1.54, 1.807) is 17.0 Å². The molecule has 1 aliphatic rings. The topological polar surface area (TPSA) is 116 Å². The molecule has 1 fully saturated rings. The normalized spacial score (nSPS) is 14.3. The molecule has 3 aromatic carbocycles. The van der Waals surface area contributed by atoms with Crippen LogP contribution in [-0.4, -0.2) is 32.6 Å². The van der Waals surface area contributed by atoms with Crippen molar-refractivity contribution in [2.75, 3.05) is 10.2 Å². The van der Waals surface area contributed by atoms with Crippen molar-refractivity contribution in [2.24, 2.45) is 0 Å². The molecule has 4 aromatic rings. The Morgan fingerprint density at radius 1 is 0.975 bits per heavy atom. The molecule has 0 bridgehead atoms. The zero-order valence-electron chi connectivity index (χ0n) is 22.3. The van der Waals surface area contributed by atoms with Gasteiger partial charge in [0.1, 0.15) is 0 Å². The van der Waals surface area contributed by atoms with Crippen LogP contribution in [-0.2, 0) is 6.54 Å². The number of aromatic nitrogens is 4. The van der Waals surface area contributed by atoms with Crippen molar-refractivity contribution in [3.63, 3.8) is 0 Å². The number of hydrogen-bond donors (Lipinski definition) is 3. The monoisotopic (exact) mass is 557 g/mol. The van der Waals surface area contributed by atoms with Crippen molar-refractivity contribution in [2.45, 2.75) is 57.5 Å². The van der Waals surface area contributed by atoms with Crippen molar-refractivity contribution in [1.82, 2.24) is 25.9 Å². The van der Waals surface area contributed by atoms with Gasteiger partial charge in [-0.3, -0.25) is 15.0 Å². The first-order valence-corrected chi connectivity index (χ1v) is 13.9. The molecule has 1 unspecified atom stereocenters. The lowest BCUT2D eigenvalue weighted by atomic mass is 9.84. The quantitative estimate of drug-likeness (QED) is 0.225. The number of nitrogens with zero attached hydrogens (tertiary/aromatic N) is 4. The highest BCUT2D eigenvalue weighted by Gasteiger charge is 2.21. The third-order valence-electron chi connectivity index (χ3n) is 7.36. The number of aromatic amines is 1. The molecule has 0 saturated heterocycles. The number of amides is 3. The van der Waals surface area contributed by atoms with Crippen LogP contribution in [0.5, 0.6) is 0 Å². The number of anilines is 2. The lowest BCUT2D eigenvalue weighted by Crippen LogP contribution is -2.40. The first kappa shape index (κ1) is 27.3. The minimum atomic E-state index is -0.349. The molecule has 0 spiro atoms. The second kappa shape index (κ2) is 12.7. The molecule has 1 aromatic heterocycles. The van der Waals surface area contributed by atoms with Gasteiger partial charge in [0.25, 0.3) is 11.9 Å². The van der Waals surface area contributed by atoms with Crippen LogP contribution in [0.1, 0.15) is 78.0 Å². The molecular formula is C30H32ClN7O2. The Bertz CT molecular complexity index is 1400. The average Bonchev–Trinajstić information content (AvgIpc) is 3.50. The van der Waals surface area contributed by atoms with Gasteiger partial charge in [-0.2, -0.15) is 5.21 Å². The van der Waals surface area contributed by atoms with Gasteiger partial charge in [0, 0.05) is 16.3 Å². The minimum Gasteiger partial charge on any atom is -0.331 e. The number of tetrazole rings is 1. The highest BCUT2D eigenvalue weighted by Crippen LogP contribution is 2.33. The smallest absolute Gasteiger partial charge is 0.322 e. The maximum absolute atomic E-state index is 13.6. The summed E-state index contributed by atoms with van der Waals surface area (Å²) in [6, 6.07) is 22.5. The van der Waals surface area contributed by atoms with Crippen LogP contribution in [0.4, 0.5) is 16.4 Å². The number of rotatable bonds is 8. The molecule has 1 saturated carbocycles. The Balaban J connectivity index is 1.34. The van der Waals surface area contributed by atoms with E-state index in [2.05, 4.69) is 43.4 Å². The Hall–Kier alpha value is -4.24. The summed E-state index contributed by atoms with van der Waals surface area (Å²) in [5.41, 5.74) is 4.41. The summed E-state index contributed by atoms with van der Waals surface area (Å²) >= 11 is 6.05. The fourth-order valence-electron chi connectivity index (χ4n) is 5.07. The second-order valence-electron chi connectivity index (χ2n) is 10.1. The molecule has 3 amide bonds.